The van der Waals surface area contributed by atoms with Crippen LogP contribution in [-0.4, -0.2) is 28.1 Å². The van der Waals surface area contributed by atoms with Crippen molar-refractivity contribution < 1.29 is 14.0 Å². The van der Waals surface area contributed by atoms with E-state index in [2.05, 4.69) is 15.7 Å². The van der Waals surface area contributed by atoms with Crippen molar-refractivity contribution in [1.82, 2.24) is 15.1 Å². The van der Waals surface area contributed by atoms with E-state index >= 15 is 0 Å². The molecule has 0 unspecified atom stereocenters. The minimum Gasteiger partial charge on any atom is -0.356 e. The van der Waals surface area contributed by atoms with Gasteiger partial charge >= 0.3 is 0 Å². The van der Waals surface area contributed by atoms with E-state index in [0.717, 1.165) is 22.6 Å². The van der Waals surface area contributed by atoms with Gasteiger partial charge in [-0.2, -0.15) is 5.10 Å². The molecule has 0 saturated carbocycles. The highest BCUT2D eigenvalue weighted by Gasteiger charge is 2.16. The molecule has 6 nitrogen and oxygen atoms in total. The number of nitrogens with one attached hydrogen (secondary N) is 2. The zero-order valence-electron chi connectivity index (χ0n) is 17.4. The van der Waals surface area contributed by atoms with Crippen molar-refractivity contribution in [1.29, 1.82) is 0 Å². The zero-order valence-corrected chi connectivity index (χ0v) is 18.2. The van der Waals surface area contributed by atoms with Crippen molar-refractivity contribution in [2.45, 2.75) is 33.1 Å². The van der Waals surface area contributed by atoms with Crippen LogP contribution in [0.25, 0.3) is 5.69 Å². The summed E-state index contributed by atoms with van der Waals surface area (Å²) < 4.78 is 14.9. The number of amides is 2. The van der Waals surface area contributed by atoms with Gasteiger partial charge in [0.25, 0.3) is 0 Å². The molecule has 0 atom stereocenters. The number of anilines is 1. The zero-order chi connectivity index (χ0) is 22.4. The van der Waals surface area contributed by atoms with E-state index in [9.17, 15) is 14.0 Å². The maximum Gasteiger partial charge on any atom is 0.224 e. The summed E-state index contributed by atoms with van der Waals surface area (Å²) >= 11 is 5.82. The summed E-state index contributed by atoms with van der Waals surface area (Å²) in [6, 6.07) is 12.9. The van der Waals surface area contributed by atoms with Gasteiger partial charge in [0.1, 0.15) is 5.82 Å². The van der Waals surface area contributed by atoms with Crippen LogP contribution in [-0.2, 0) is 16.0 Å². The van der Waals surface area contributed by atoms with E-state index in [1.54, 1.807) is 41.1 Å². The van der Waals surface area contributed by atoms with Crippen LogP contribution in [0.1, 0.15) is 29.8 Å². The summed E-state index contributed by atoms with van der Waals surface area (Å²) in [5.41, 5.74) is 3.84. The third-order valence-electron chi connectivity index (χ3n) is 4.88. The van der Waals surface area contributed by atoms with Crippen LogP contribution < -0.4 is 10.6 Å². The van der Waals surface area contributed by atoms with Gasteiger partial charge in [0, 0.05) is 34.9 Å². The lowest BCUT2D eigenvalue weighted by atomic mass is 10.1. The van der Waals surface area contributed by atoms with Gasteiger partial charge in [-0.15, -0.1) is 0 Å². The largest absolute Gasteiger partial charge is 0.356 e. The van der Waals surface area contributed by atoms with E-state index in [-0.39, 0.29) is 24.1 Å². The number of hydrogen-bond acceptors (Lipinski definition) is 3. The molecule has 2 aromatic carbocycles. The highest BCUT2D eigenvalue weighted by molar-refractivity contribution is 6.30. The van der Waals surface area contributed by atoms with Gasteiger partial charge in [0.05, 0.1) is 17.8 Å². The molecule has 0 fully saturated rings. The minimum absolute atomic E-state index is 0.121. The fourth-order valence-corrected chi connectivity index (χ4v) is 3.35. The van der Waals surface area contributed by atoms with Gasteiger partial charge in [0.2, 0.25) is 11.8 Å². The normalized spacial score (nSPS) is 10.7. The second-order valence-corrected chi connectivity index (χ2v) is 7.66. The molecule has 162 valence electrons. The Morgan fingerprint density at radius 1 is 1.03 bits per heavy atom. The van der Waals surface area contributed by atoms with Gasteiger partial charge in [-0.3, -0.25) is 9.59 Å². The number of carbonyl (C=O) groups excluding carboxylic acids is 2. The Labute approximate surface area is 185 Å². The minimum atomic E-state index is -0.313. The first kappa shape index (κ1) is 22.5. The van der Waals surface area contributed by atoms with Crippen LogP contribution in [0, 0.1) is 19.7 Å². The van der Waals surface area contributed by atoms with Crippen LogP contribution in [0.15, 0.2) is 48.5 Å². The smallest absolute Gasteiger partial charge is 0.224 e. The molecule has 3 rings (SSSR count). The standard InChI is InChI=1S/C23H24ClFN4O2/c1-15-21(16(2)29(28-15)20-11-7-18(25)8-12-20)14-23(31)26-13-3-4-22(30)27-19-9-5-17(24)6-10-19/h5-12H,3-4,13-14H2,1-2H3,(H,26,31)(H,27,30). The highest BCUT2D eigenvalue weighted by atomic mass is 35.5. The lowest BCUT2D eigenvalue weighted by Gasteiger charge is -2.08. The molecule has 0 saturated heterocycles. The number of hydrogen-bond donors (Lipinski definition) is 2. The van der Waals surface area contributed by atoms with Crippen LogP contribution >= 0.6 is 11.6 Å². The van der Waals surface area contributed by atoms with Crippen molar-refractivity contribution in [3.05, 3.63) is 76.3 Å². The number of aryl methyl sites for hydroxylation is 1. The van der Waals surface area contributed by atoms with Crippen LogP contribution in [0.3, 0.4) is 0 Å². The maximum atomic E-state index is 13.2. The number of aromatic nitrogens is 2. The predicted molar refractivity (Wildman–Crippen MR) is 119 cm³/mol. The molecular formula is C23H24ClFN4O2. The molecule has 0 aliphatic heterocycles. The van der Waals surface area contributed by atoms with Gasteiger partial charge in [-0.05, 0) is 68.8 Å². The number of halogens is 2. The Morgan fingerprint density at radius 3 is 2.39 bits per heavy atom. The Hall–Kier alpha value is -3.19. The first-order chi connectivity index (χ1) is 14.8. The first-order valence-corrected chi connectivity index (χ1v) is 10.3. The molecule has 31 heavy (non-hydrogen) atoms. The molecule has 0 radical (unpaired) electrons. The van der Waals surface area contributed by atoms with E-state index in [1.807, 2.05) is 13.8 Å². The molecule has 2 amide bonds. The Bertz CT molecular complexity index is 1060. The van der Waals surface area contributed by atoms with Gasteiger partial charge in [-0.1, -0.05) is 11.6 Å². The van der Waals surface area contributed by atoms with Crippen LogP contribution in [0.5, 0.6) is 0 Å². The summed E-state index contributed by atoms with van der Waals surface area (Å²) in [5, 5.41) is 10.7. The number of carbonyl (C=O) groups is 2. The van der Waals surface area contributed by atoms with E-state index in [1.165, 1.54) is 12.1 Å². The summed E-state index contributed by atoms with van der Waals surface area (Å²) in [4.78, 5) is 24.4. The number of benzene rings is 2. The average molecular weight is 443 g/mol. The molecule has 1 aromatic heterocycles. The van der Waals surface area contributed by atoms with E-state index in [0.29, 0.717) is 30.1 Å². The topological polar surface area (TPSA) is 76.0 Å². The summed E-state index contributed by atoms with van der Waals surface area (Å²) in [6.07, 6.45) is 1.01. The predicted octanol–water partition coefficient (Wildman–Crippen LogP) is 4.36. The van der Waals surface area contributed by atoms with Gasteiger partial charge in [0.15, 0.2) is 0 Å². The summed E-state index contributed by atoms with van der Waals surface area (Å²) in [6.45, 7) is 4.13. The second-order valence-electron chi connectivity index (χ2n) is 7.22. The van der Waals surface area contributed by atoms with Crippen LogP contribution in [0.4, 0.5) is 10.1 Å². The fourth-order valence-electron chi connectivity index (χ4n) is 3.22. The second kappa shape index (κ2) is 10.2. The SMILES string of the molecule is Cc1nn(-c2ccc(F)cc2)c(C)c1CC(=O)NCCCC(=O)Nc1ccc(Cl)cc1. The van der Waals surface area contributed by atoms with Crippen LogP contribution in [0.2, 0.25) is 5.02 Å². The monoisotopic (exact) mass is 442 g/mol. The molecule has 3 aromatic rings. The molecule has 8 heteroatoms. The van der Waals surface area contributed by atoms with Crippen molar-refractivity contribution in [3.63, 3.8) is 0 Å². The number of nitrogens with zero attached hydrogens (tertiary/aromatic N) is 2. The molecule has 2 N–H and O–H groups in total. The fraction of sp³-hybridized carbons (Fsp3) is 0.261. The average Bonchev–Trinajstić information content (AvgIpc) is 3.02. The third-order valence-corrected chi connectivity index (χ3v) is 5.13. The molecule has 0 bridgehead atoms. The van der Waals surface area contributed by atoms with E-state index in [4.69, 9.17) is 11.6 Å². The molecule has 1 heterocycles. The third kappa shape index (κ3) is 6.15. The summed E-state index contributed by atoms with van der Waals surface area (Å²) in [5.74, 6) is -0.571. The van der Waals surface area contributed by atoms with Gasteiger partial charge < -0.3 is 10.6 Å². The summed E-state index contributed by atoms with van der Waals surface area (Å²) in [7, 11) is 0. The van der Waals surface area contributed by atoms with Crippen molar-refractivity contribution in [3.8, 4) is 5.69 Å². The highest BCUT2D eigenvalue weighted by Crippen LogP contribution is 2.19. The quantitative estimate of drug-likeness (QED) is 0.509. The first-order valence-electron chi connectivity index (χ1n) is 9.96. The Kier molecular flexibility index (Phi) is 7.41. The Balaban J connectivity index is 1.47. The van der Waals surface area contributed by atoms with E-state index < -0.39 is 0 Å². The van der Waals surface area contributed by atoms with Crippen molar-refractivity contribution in [2.24, 2.45) is 0 Å². The molecule has 0 aliphatic carbocycles. The van der Waals surface area contributed by atoms with Crippen molar-refractivity contribution in [2.75, 3.05) is 11.9 Å². The Morgan fingerprint density at radius 2 is 1.71 bits per heavy atom. The number of rotatable bonds is 8. The molecular weight excluding hydrogens is 419 g/mol. The van der Waals surface area contributed by atoms with Crippen molar-refractivity contribution >= 4 is 29.1 Å². The molecule has 0 spiro atoms. The molecule has 0 aliphatic rings. The lowest BCUT2D eigenvalue weighted by molar-refractivity contribution is -0.121. The lowest BCUT2D eigenvalue weighted by Crippen LogP contribution is -2.27. The van der Waals surface area contributed by atoms with Gasteiger partial charge in [-0.25, -0.2) is 9.07 Å². The maximum absolute atomic E-state index is 13.2.